The first-order valence-corrected chi connectivity index (χ1v) is 6.36. The lowest BCUT2D eigenvalue weighted by Gasteiger charge is -2.25. The van der Waals surface area contributed by atoms with Crippen LogP contribution in [0.15, 0.2) is 12.4 Å². The second-order valence-corrected chi connectivity index (χ2v) is 5.23. The van der Waals surface area contributed by atoms with Crippen molar-refractivity contribution in [2.75, 3.05) is 38.8 Å². The minimum Gasteiger partial charge on any atom is -0.389 e. The number of hydrogen-bond donors (Lipinski definition) is 2. The van der Waals surface area contributed by atoms with E-state index in [1.165, 1.54) is 0 Å². The normalized spacial score (nSPS) is 11.6. The summed E-state index contributed by atoms with van der Waals surface area (Å²) in [5.41, 5.74) is 0.259. The Morgan fingerprint density at radius 2 is 2.00 bits per heavy atom. The monoisotopic (exact) mass is 268 g/mol. The molecule has 6 nitrogen and oxygen atoms in total. The molecule has 1 rings (SSSR count). The summed E-state index contributed by atoms with van der Waals surface area (Å²) in [6.45, 7) is 6.22. The van der Waals surface area contributed by atoms with Gasteiger partial charge in [-0.05, 0) is 13.8 Å². The van der Waals surface area contributed by atoms with Crippen LogP contribution >= 0.6 is 0 Å². The van der Waals surface area contributed by atoms with Crippen molar-refractivity contribution in [3.05, 3.63) is 18.0 Å². The van der Waals surface area contributed by atoms with E-state index in [9.17, 15) is 5.11 Å². The molecule has 0 amide bonds. The number of ether oxygens (including phenoxy) is 1. The highest BCUT2D eigenvalue weighted by molar-refractivity contribution is 5.29. The summed E-state index contributed by atoms with van der Waals surface area (Å²) in [7, 11) is 3.54. The molecule has 0 aliphatic heterocycles. The van der Waals surface area contributed by atoms with Crippen molar-refractivity contribution in [2.24, 2.45) is 0 Å². The SMILES string of the molecule is COCCNCc1cnc(N(C)CC(C)(C)O)nc1. The summed E-state index contributed by atoms with van der Waals surface area (Å²) in [5.74, 6) is 0.614. The van der Waals surface area contributed by atoms with E-state index in [0.29, 0.717) is 19.1 Å². The summed E-state index contributed by atoms with van der Waals surface area (Å²) in [6.07, 6.45) is 3.59. The Morgan fingerprint density at radius 1 is 1.37 bits per heavy atom. The van der Waals surface area contributed by atoms with Gasteiger partial charge in [0, 0.05) is 51.7 Å². The van der Waals surface area contributed by atoms with E-state index in [1.54, 1.807) is 33.4 Å². The Bertz CT molecular complexity index is 362. The van der Waals surface area contributed by atoms with Crippen molar-refractivity contribution >= 4 is 5.95 Å². The van der Waals surface area contributed by atoms with Gasteiger partial charge in [-0.3, -0.25) is 0 Å². The molecule has 0 saturated carbocycles. The first kappa shape index (κ1) is 15.8. The van der Waals surface area contributed by atoms with Gasteiger partial charge >= 0.3 is 0 Å². The largest absolute Gasteiger partial charge is 0.389 e. The van der Waals surface area contributed by atoms with Crippen molar-refractivity contribution in [1.82, 2.24) is 15.3 Å². The fraction of sp³-hybridized carbons (Fsp3) is 0.692. The number of likely N-dealkylation sites (N-methyl/N-ethyl adjacent to an activating group) is 1. The van der Waals surface area contributed by atoms with Crippen LogP contribution in [0, 0.1) is 0 Å². The molecule has 2 N–H and O–H groups in total. The summed E-state index contributed by atoms with van der Waals surface area (Å²) in [5, 5.41) is 13.0. The van der Waals surface area contributed by atoms with E-state index in [1.807, 2.05) is 11.9 Å². The quantitative estimate of drug-likeness (QED) is 0.666. The van der Waals surface area contributed by atoms with Gasteiger partial charge in [-0.2, -0.15) is 0 Å². The molecule has 1 aromatic rings. The lowest BCUT2D eigenvalue weighted by atomic mass is 10.1. The Hall–Kier alpha value is -1.24. The van der Waals surface area contributed by atoms with E-state index in [-0.39, 0.29) is 0 Å². The molecule has 0 spiro atoms. The van der Waals surface area contributed by atoms with Crippen molar-refractivity contribution in [3.8, 4) is 0 Å². The number of hydrogen-bond acceptors (Lipinski definition) is 6. The predicted molar refractivity (Wildman–Crippen MR) is 75.2 cm³/mol. The molecule has 108 valence electrons. The number of anilines is 1. The molecule has 0 atom stereocenters. The van der Waals surface area contributed by atoms with Crippen LogP contribution in [-0.4, -0.2) is 54.5 Å². The fourth-order valence-corrected chi connectivity index (χ4v) is 1.69. The zero-order valence-electron chi connectivity index (χ0n) is 12.2. The van der Waals surface area contributed by atoms with Crippen molar-refractivity contribution < 1.29 is 9.84 Å². The average molecular weight is 268 g/mol. The third kappa shape index (κ3) is 6.47. The zero-order valence-corrected chi connectivity index (χ0v) is 12.2. The highest BCUT2D eigenvalue weighted by Crippen LogP contribution is 2.10. The van der Waals surface area contributed by atoms with Crippen LogP contribution in [0.2, 0.25) is 0 Å². The predicted octanol–water partition coefficient (Wildman–Crippen LogP) is 0.420. The molecule has 0 bridgehead atoms. The number of nitrogens with one attached hydrogen (secondary N) is 1. The molecule has 0 aromatic carbocycles. The minimum atomic E-state index is -0.765. The van der Waals surface area contributed by atoms with Crippen LogP contribution in [0.25, 0.3) is 0 Å². The zero-order chi connectivity index (χ0) is 14.3. The van der Waals surface area contributed by atoms with Crippen LogP contribution in [-0.2, 0) is 11.3 Å². The molecule has 0 unspecified atom stereocenters. The Balaban J connectivity index is 2.47. The second kappa shape index (κ2) is 7.37. The number of nitrogens with zero attached hydrogens (tertiary/aromatic N) is 3. The topological polar surface area (TPSA) is 70.5 Å². The maximum atomic E-state index is 9.75. The molecule has 0 aliphatic rings. The molecule has 1 heterocycles. The molecule has 6 heteroatoms. The smallest absolute Gasteiger partial charge is 0.225 e. The van der Waals surface area contributed by atoms with Crippen molar-refractivity contribution in [3.63, 3.8) is 0 Å². The van der Waals surface area contributed by atoms with Gasteiger partial charge in [-0.1, -0.05) is 0 Å². The molecule has 1 aromatic heterocycles. The maximum Gasteiger partial charge on any atom is 0.225 e. The number of aromatic nitrogens is 2. The van der Waals surface area contributed by atoms with E-state index < -0.39 is 5.60 Å². The van der Waals surface area contributed by atoms with E-state index in [0.717, 1.165) is 18.7 Å². The molecule has 0 fully saturated rings. The highest BCUT2D eigenvalue weighted by Gasteiger charge is 2.17. The summed E-state index contributed by atoms with van der Waals surface area (Å²) < 4.78 is 4.95. The maximum absolute atomic E-state index is 9.75. The Morgan fingerprint density at radius 3 is 2.53 bits per heavy atom. The van der Waals surface area contributed by atoms with Gasteiger partial charge in [-0.15, -0.1) is 0 Å². The summed E-state index contributed by atoms with van der Waals surface area (Å²) in [4.78, 5) is 10.4. The van der Waals surface area contributed by atoms with Gasteiger partial charge in [0.2, 0.25) is 5.95 Å². The fourth-order valence-electron chi connectivity index (χ4n) is 1.69. The van der Waals surface area contributed by atoms with Crippen LogP contribution in [0.5, 0.6) is 0 Å². The van der Waals surface area contributed by atoms with E-state index in [4.69, 9.17) is 4.74 Å². The molecule has 19 heavy (non-hydrogen) atoms. The number of aliphatic hydroxyl groups is 1. The molecule has 0 saturated heterocycles. The van der Waals surface area contributed by atoms with Crippen LogP contribution in [0.3, 0.4) is 0 Å². The van der Waals surface area contributed by atoms with E-state index >= 15 is 0 Å². The minimum absolute atomic E-state index is 0.485. The van der Waals surface area contributed by atoms with Gasteiger partial charge in [0.15, 0.2) is 0 Å². The molecular weight excluding hydrogens is 244 g/mol. The second-order valence-electron chi connectivity index (χ2n) is 5.23. The van der Waals surface area contributed by atoms with Crippen LogP contribution < -0.4 is 10.2 Å². The average Bonchev–Trinajstić information content (AvgIpc) is 2.33. The lowest BCUT2D eigenvalue weighted by Crippen LogP contribution is -2.37. The van der Waals surface area contributed by atoms with Gasteiger partial charge in [0.25, 0.3) is 0 Å². The van der Waals surface area contributed by atoms with Gasteiger partial charge in [0.1, 0.15) is 0 Å². The van der Waals surface area contributed by atoms with Crippen LogP contribution in [0.4, 0.5) is 5.95 Å². The first-order valence-electron chi connectivity index (χ1n) is 6.36. The number of rotatable bonds is 8. The number of methoxy groups -OCH3 is 1. The van der Waals surface area contributed by atoms with Gasteiger partial charge in [-0.25, -0.2) is 9.97 Å². The summed E-state index contributed by atoms with van der Waals surface area (Å²) in [6, 6.07) is 0. The third-order valence-electron chi connectivity index (χ3n) is 2.47. The lowest BCUT2D eigenvalue weighted by molar-refractivity contribution is 0.0883. The van der Waals surface area contributed by atoms with Crippen LogP contribution in [0.1, 0.15) is 19.4 Å². The van der Waals surface area contributed by atoms with E-state index in [2.05, 4.69) is 15.3 Å². The third-order valence-corrected chi connectivity index (χ3v) is 2.47. The molecule has 0 radical (unpaired) electrons. The standard InChI is InChI=1S/C13H24N4O2/c1-13(2,18)10-17(3)12-15-8-11(9-16-12)7-14-5-6-19-4/h8-9,14,18H,5-7,10H2,1-4H3. The molecule has 0 aliphatic carbocycles. The van der Waals surface area contributed by atoms with Gasteiger partial charge < -0.3 is 20.1 Å². The van der Waals surface area contributed by atoms with Crippen molar-refractivity contribution in [2.45, 2.75) is 26.0 Å². The summed E-state index contributed by atoms with van der Waals surface area (Å²) >= 11 is 0. The van der Waals surface area contributed by atoms with Gasteiger partial charge in [0.05, 0.1) is 12.2 Å². The van der Waals surface area contributed by atoms with Crippen molar-refractivity contribution in [1.29, 1.82) is 0 Å². The highest BCUT2D eigenvalue weighted by atomic mass is 16.5. The Labute approximate surface area is 114 Å². The first-order chi connectivity index (χ1) is 8.92. The molecular formula is C13H24N4O2. The Kier molecular flexibility index (Phi) is 6.14.